The molecule has 1 heterocycles. The highest BCUT2D eigenvalue weighted by Gasteiger charge is 2.09. The summed E-state index contributed by atoms with van der Waals surface area (Å²) >= 11 is 4.85. The van der Waals surface area contributed by atoms with Gasteiger partial charge in [0.2, 0.25) is 0 Å². The van der Waals surface area contributed by atoms with Crippen LogP contribution in [0.25, 0.3) is 10.6 Å². The predicted octanol–water partition coefficient (Wildman–Crippen LogP) is 5.44. The zero-order valence-corrected chi connectivity index (χ0v) is 12.7. The monoisotopic (exact) mass is 327 g/mol. The summed E-state index contributed by atoms with van der Waals surface area (Å²) in [5.41, 5.74) is 0.588. The minimum absolute atomic E-state index is 0.223. The Bertz CT molecular complexity index is 524. The van der Waals surface area contributed by atoms with Gasteiger partial charge in [-0.05, 0) is 31.0 Å². The second kappa shape index (κ2) is 6.43. The maximum Gasteiger partial charge on any atom is 0.134 e. The molecule has 0 aliphatic carbocycles. The maximum absolute atomic E-state index is 13.8. The molecule has 0 aliphatic heterocycles. The van der Waals surface area contributed by atoms with Crippen LogP contribution >= 0.6 is 27.3 Å². The summed E-state index contributed by atoms with van der Waals surface area (Å²) in [5, 5.41) is 0.770. The van der Waals surface area contributed by atoms with Crippen molar-refractivity contribution < 1.29 is 4.39 Å². The Kier molecular flexibility index (Phi) is 4.89. The second-order valence-electron chi connectivity index (χ2n) is 4.21. The highest BCUT2D eigenvalue weighted by Crippen LogP contribution is 2.29. The summed E-state index contributed by atoms with van der Waals surface area (Å²) in [4.78, 5) is 5.56. The highest BCUT2D eigenvalue weighted by atomic mass is 79.9. The zero-order chi connectivity index (χ0) is 13.0. The molecule has 0 bridgehead atoms. The van der Waals surface area contributed by atoms with Gasteiger partial charge >= 0.3 is 0 Å². The smallest absolute Gasteiger partial charge is 0.134 e. The number of nitrogens with zero attached hydrogens (tertiary/aromatic N) is 1. The lowest BCUT2D eigenvalue weighted by Gasteiger charge is -1.99. The Morgan fingerprint density at radius 2 is 2.17 bits per heavy atom. The molecule has 0 N–H and O–H groups in total. The first-order valence-corrected chi connectivity index (χ1v) is 7.71. The number of aromatic nitrogens is 1. The van der Waals surface area contributed by atoms with Crippen molar-refractivity contribution in [2.45, 2.75) is 32.6 Å². The molecule has 18 heavy (non-hydrogen) atoms. The molecule has 2 aromatic rings. The fourth-order valence-corrected chi connectivity index (χ4v) is 3.07. The minimum atomic E-state index is -0.223. The first-order valence-electron chi connectivity index (χ1n) is 6.11. The van der Waals surface area contributed by atoms with Gasteiger partial charge in [0.05, 0.1) is 0 Å². The SMILES string of the molecule is CCCCCc1cnc(-c2ccc(Br)cc2F)s1. The van der Waals surface area contributed by atoms with E-state index >= 15 is 0 Å². The van der Waals surface area contributed by atoms with Gasteiger partial charge in [0.25, 0.3) is 0 Å². The third kappa shape index (κ3) is 3.39. The number of halogens is 2. The topological polar surface area (TPSA) is 12.9 Å². The largest absolute Gasteiger partial charge is 0.244 e. The summed E-state index contributed by atoms with van der Waals surface area (Å²) < 4.78 is 14.5. The van der Waals surface area contributed by atoms with Crippen LogP contribution in [-0.2, 0) is 6.42 Å². The first kappa shape index (κ1) is 13.7. The van der Waals surface area contributed by atoms with E-state index in [0.717, 1.165) is 15.9 Å². The molecule has 1 aromatic heterocycles. The average molecular weight is 328 g/mol. The van der Waals surface area contributed by atoms with Crippen LogP contribution in [0.4, 0.5) is 4.39 Å². The van der Waals surface area contributed by atoms with Crippen LogP contribution in [0.15, 0.2) is 28.9 Å². The zero-order valence-electron chi connectivity index (χ0n) is 10.2. The normalized spacial score (nSPS) is 10.8. The molecular formula is C14H15BrFNS. The number of rotatable bonds is 5. The van der Waals surface area contributed by atoms with Gasteiger partial charge in [-0.25, -0.2) is 9.37 Å². The molecule has 0 fully saturated rings. The van der Waals surface area contributed by atoms with Gasteiger partial charge in [-0.2, -0.15) is 0 Å². The molecule has 0 amide bonds. The molecule has 1 aromatic carbocycles. The molecule has 2 rings (SSSR count). The van der Waals surface area contributed by atoms with Crippen LogP contribution in [0.3, 0.4) is 0 Å². The van der Waals surface area contributed by atoms with E-state index in [-0.39, 0.29) is 5.82 Å². The molecule has 0 saturated carbocycles. The van der Waals surface area contributed by atoms with Crippen LogP contribution < -0.4 is 0 Å². The first-order chi connectivity index (χ1) is 8.70. The van der Waals surface area contributed by atoms with E-state index in [1.54, 1.807) is 17.4 Å². The molecule has 0 unspecified atom stereocenters. The van der Waals surface area contributed by atoms with Crippen molar-refractivity contribution in [1.82, 2.24) is 4.98 Å². The van der Waals surface area contributed by atoms with E-state index in [9.17, 15) is 4.39 Å². The number of aryl methyl sites for hydroxylation is 1. The van der Waals surface area contributed by atoms with Crippen LogP contribution in [0.2, 0.25) is 0 Å². The number of unbranched alkanes of at least 4 members (excludes halogenated alkanes) is 2. The number of thiazole rings is 1. The fourth-order valence-electron chi connectivity index (χ4n) is 1.76. The Morgan fingerprint density at radius 3 is 2.89 bits per heavy atom. The summed E-state index contributed by atoms with van der Waals surface area (Å²) in [5.74, 6) is -0.223. The summed E-state index contributed by atoms with van der Waals surface area (Å²) in [6.07, 6.45) is 6.55. The van der Waals surface area contributed by atoms with Crippen molar-refractivity contribution in [2.24, 2.45) is 0 Å². The molecule has 96 valence electrons. The molecule has 0 spiro atoms. The third-order valence-electron chi connectivity index (χ3n) is 2.74. The Balaban J connectivity index is 2.13. The third-order valence-corrected chi connectivity index (χ3v) is 4.33. The fraction of sp³-hybridized carbons (Fsp3) is 0.357. The van der Waals surface area contributed by atoms with E-state index in [1.165, 1.54) is 30.2 Å². The van der Waals surface area contributed by atoms with Gasteiger partial charge in [-0.15, -0.1) is 11.3 Å². The van der Waals surface area contributed by atoms with Gasteiger partial charge in [-0.3, -0.25) is 0 Å². The number of hydrogen-bond donors (Lipinski definition) is 0. The standard InChI is InChI=1S/C14H15BrFNS/c1-2-3-4-5-11-9-17-14(18-11)12-7-6-10(15)8-13(12)16/h6-9H,2-5H2,1H3. The molecule has 0 radical (unpaired) electrons. The van der Waals surface area contributed by atoms with Gasteiger partial charge in [-0.1, -0.05) is 35.7 Å². The molecular weight excluding hydrogens is 313 g/mol. The van der Waals surface area contributed by atoms with Gasteiger partial charge in [0, 0.05) is 21.1 Å². The minimum Gasteiger partial charge on any atom is -0.244 e. The Labute approximate surface area is 119 Å². The van der Waals surface area contributed by atoms with Crippen LogP contribution in [0.5, 0.6) is 0 Å². The van der Waals surface area contributed by atoms with E-state index in [4.69, 9.17) is 0 Å². The van der Waals surface area contributed by atoms with Crippen LogP contribution in [-0.4, -0.2) is 4.98 Å². The lowest BCUT2D eigenvalue weighted by molar-refractivity contribution is 0.630. The van der Waals surface area contributed by atoms with Crippen molar-refractivity contribution in [3.05, 3.63) is 39.6 Å². The van der Waals surface area contributed by atoms with Crippen molar-refractivity contribution in [3.63, 3.8) is 0 Å². The van der Waals surface area contributed by atoms with Crippen LogP contribution in [0.1, 0.15) is 31.1 Å². The highest BCUT2D eigenvalue weighted by molar-refractivity contribution is 9.10. The van der Waals surface area contributed by atoms with E-state index in [1.807, 2.05) is 12.3 Å². The quantitative estimate of drug-likeness (QED) is 0.666. The van der Waals surface area contributed by atoms with Crippen molar-refractivity contribution in [1.29, 1.82) is 0 Å². The van der Waals surface area contributed by atoms with Crippen molar-refractivity contribution in [3.8, 4) is 10.6 Å². The molecule has 0 aliphatic rings. The second-order valence-corrected chi connectivity index (χ2v) is 6.24. The van der Waals surface area contributed by atoms with Gasteiger partial charge in [0.1, 0.15) is 10.8 Å². The van der Waals surface area contributed by atoms with Crippen LogP contribution in [0, 0.1) is 5.82 Å². The lowest BCUT2D eigenvalue weighted by atomic mass is 10.2. The molecule has 1 nitrogen and oxygen atoms in total. The van der Waals surface area contributed by atoms with E-state index < -0.39 is 0 Å². The maximum atomic E-state index is 13.8. The molecule has 0 atom stereocenters. The number of hydrogen-bond acceptors (Lipinski definition) is 2. The predicted molar refractivity (Wildman–Crippen MR) is 78.4 cm³/mol. The summed E-state index contributed by atoms with van der Waals surface area (Å²) in [7, 11) is 0. The Morgan fingerprint density at radius 1 is 1.33 bits per heavy atom. The van der Waals surface area contributed by atoms with E-state index in [2.05, 4.69) is 27.8 Å². The van der Waals surface area contributed by atoms with Crippen molar-refractivity contribution >= 4 is 27.3 Å². The number of benzene rings is 1. The molecule has 4 heteroatoms. The average Bonchev–Trinajstić information content (AvgIpc) is 2.78. The summed E-state index contributed by atoms with van der Waals surface area (Å²) in [6, 6.07) is 5.10. The van der Waals surface area contributed by atoms with Gasteiger partial charge in [0.15, 0.2) is 0 Å². The molecule has 0 saturated heterocycles. The van der Waals surface area contributed by atoms with Gasteiger partial charge < -0.3 is 0 Å². The van der Waals surface area contributed by atoms with E-state index in [0.29, 0.717) is 5.56 Å². The Hall–Kier alpha value is -0.740. The lowest BCUT2D eigenvalue weighted by Crippen LogP contribution is -1.82. The van der Waals surface area contributed by atoms with Crippen molar-refractivity contribution in [2.75, 3.05) is 0 Å². The summed E-state index contributed by atoms with van der Waals surface area (Å²) in [6.45, 7) is 2.19.